The number of hydrogen-bond acceptors (Lipinski definition) is 4. The lowest BCUT2D eigenvalue weighted by atomic mass is 10.1. The second kappa shape index (κ2) is 8.52. The molecular weight excluding hydrogens is 431 g/mol. The number of rotatable bonds is 5. The van der Waals surface area contributed by atoms with Crippen molar-refractivity contribution < 1.29 is 17.6 Å². The van der Waals surface area contributed by atoms with Crippen molar-refractivity contribution in [2.45, 2.75) is 12.2 Å². The maximum absolute atomic E-state index is 13.3. The highest BCUT2D eigenvalue weighted by Gasteiger charge is 2.33. The number of alkyl halides is 3. The smallest absolute Gasteiger partial charge is 0.368 e. The summed E-state index contributed by atoms with van der Waals surface area (Å²) in [7, 11) is 0. The molecule has 2 aromatic carbocycles. The largest absolute Gasteiger partial charge is 0.417 e. The van der Waals surface area contributed by atoms with Crippen molar-refractivity contribution in [3.8, 4) is 11.3 Å². The summed E-state index contributed by atoms with van der Waals surface area (Å²) in [5, 5.41) is 2.57. The monoisotopic (exact) mass is 444 g/mol. The summed E-state index contributed by atoms with van der Waals surface area (Å²) >= 11 is 11.5. The van der Waals surface area contributed by atoms with E-state index in [1.54, 1.807) is 6.07 Å². The zero-order valence-electron chi connectivity index (χ0n) is 14.6. The van der Waals surface area contributed by atoms with Crippen molar-refractivity contribution >= 4 is 29.0 Å². The molecule has 29 heavy (non-hydrogen) atoms. The predicted molar refractivity (Wildman–Crippen MR) is 104 cm³/mol. The highest BCUT2D eigenvalue weighted by molar-refractivity contribution is 6.31. The molecule has 1 aromatic heterocycles. The van der Waals surface area contributed by atoms with E-state index in [2.05, 4.69) is 15.3 Å². The van der Waals surface area contributed by atoms with Gasteiger partial charge in [0.1, 0.15) is 18.0 Å². The molecule has 0 aliphatic heterocycles. The quantitative estimate of drug-likeness (QED) is 0.493. The zero-order chi connectivity index (χ0) is 21.2. The second-order valence-electron chi connectivity index (χ2n) is 6.14. The molecule has 0 fully saturated rings. The Hall–Kier alpha value is -2.42. The van der Waals surface area contributed by atoms with Crippen LogP contribution in [0.1, 0.15) is 17.2 Å². The number of benzene rings is 2. The van der Waals surface area contributed by atoms with Gasteiger partial charge in [-0.25, -0.2) is 14.4 Å². The topological polar surface area (TPSA) is 63.8 Å². The highest BCUT2D eigenvalue weighted by atomic mass is 35.5. The average Bonchev–Trinajstić information content (AvgIpc) is 2.67. The molecule has 0 aliphatic carbocycles. The third-order valence-corrected chi connectivity index (χ3v) is 4.71. The van der Waals surface area contributed by atoms with Gasteiger partial charge in [-0.2, -0.15) is 13.2 Å². The summed E-state index contributed by atoms with van der Waals surface area (Å²) in [5.74, 6) is -0.124. The predicted octanol–water partition coefficient (Wildman–Crippen LogP) is 5.72. The van der Waals surface area contributed by atoms with Gasteiger partial charge in [-0.15, -0.1) is 0 Å². The molecule has 3 N–H and O–H groups in total. The SMILES string of the molecule is N[C@H](CNc1cc(-c2ccc(C(F)(F)F)c(Cl)c2)ncn1)c1ccc(F)c(Cl)c1. The van der Waals surface area contributed by atoms with Gasteiger partial charge in [-0.05, 0) is 29.8 Å². The summed E-state index contributed by atoms with van der Waals surface area (Å²) in [6, 6.07) is 8.66. The fourth-order valence-electron chi connectivity index (χ4n) is 2.59. The van der Waals surface area contributed by atoms with Crippen molar-refractivity contribution in [3.63, 3.8) is 0 Å². The number of nitrogens with zero attached hydrogens (tertiary/aromatic N) is 2. The standard InChI is InChI=1S/C19H14Cl2F4N4/c20-13-6-11(1-3-12(13)19(23,24)25)17-7-18(29-9-28-17)27-8-16(26)10-2-4-15(22)14(21)5-10/h1-7,9,16H,8,26H2,(H,27,28,29)/t16-/m1/s1. The average molecular weight is 445 g/mol. The van der Waals surface area contributed by atoms with E-state index in [-0.39, 0.29) is 11.6 Å². The fraction of sp³-hybridized carbons (Fsp3) is 0.158. The van der Waals surface area contributed by atoms with Crippen LogP contribution in [0.2, 0.25) is 10.0 Å². The van der Waals surface area contributed by atoms with Crippen molar-refractivity contribution in [2.24, 2.45) is 5.73 Å². The van der Waals surface area contributed by atoms with Gasteiger partial charge in [0.2, 0.25) is 0 Å². The van der Waals surface area contributed by atoms with Crippen molar-refractivity contribution in [2.75, 3.05) is 11.9 Å². The number of hydrogen-bond donors (Lipinski definition) is 2. The normalized spacial score (nSPS) is 12.7. The van der Waals surface area contributed by atoms with Crippen LogP contribution < -0.4 is 11.1 Å². The van der Waals surface area contributed by atoms with Crippen LogP contribution in [0.3, 0.4) is 0 Å². The van der Waals surface area contributed by atoms with Crippen LogP contribution in [-0.2, 0) is 6.18 Å². The minimum Gasteiger partial charge on any atom is -0.368 e. The van der Waals surface area contributed by atoms with Gasteiger partial charge in [0.15, 0.2) is 0 Å². The van der Waals surface area contributed by atoms with E-state index < -0.39 is 28.6 Å². The molecule has 0 amide bonds. The lowest BCUT2D eigenvalue weighted by Crippen LogP contribution is -2.21. The molecule has 4 nitrogen and oxygen atoms in total. The Kier molecular flexibility index (Phi) is 6.26. The van der Waals surface area contributed by atoms with Crippen LogP contribution in [0.5, 0.6) is 0 Å². The van der Waals surface area contributed by atoms with Crippen LogP contribution >= 0.6 is 23.2 Å². The summed E-state index contributed by atoms with van der Waals surface area (Å²) < 4.78 is 51.8. The number of halogens is 6. The lowest BCUT2D eigenvalue weighted by Gasteiger charge is -2.15. The van der Waals surface area contributed by atoms with Crippen LogP contribution in [-0.4, -0.2) is 16.5 Å². The summed E-state index contributed by atoms with van der Waals surface area (Å²) in [4.78, 5) is 8.13. The van der Waals surface area contributed by atoms with E-state index >= 15 is 0 Å². The van der Waals surface area contributed by atoms with E-state index in [4.69, 9.17) is 28.9 Å². The van der Waals surface area contributed by atoms with Crippen LogP contribution in [0.15, 0.2) is 48.8 Å². The van der Waals surface area contributed by atoms with Gasteiger partial charge in [-0.1, -0.05) is 35.3 Å². The third kappa shape index (κ3) is 5.14. The molecule has 0 radical (unpaired) electrons. The molecule has 1 heterocycles. The first-order valence-corrected chi connectivity index (χ1v) is 9.04. The van der Waals surface area contributed by atoms with Crippen molar-refractivity contribution in [1.29, 1.82) is 0 Å². The molecule has 0 saturated carbocycles. The third-order valence-electron chi connectivity index (χ3n) is 4.11. The van der Waals surface area contributed by atoms with Gasteiger partial charge >= 0.3 is 6.18 Å². The van der Waals surface area contributed by atoms with Gasteiger partial charge < -0.3 is 11.1 Å². The summed E-state index contributed by atoms with van der Waals surface area (Å²) in [6.07, 6.45) is -3.27. The molecular formula is C19H14Cl2F4N4. The van der Waals surface area contributed by atoms with Crippen LogP contribution in [0.25, 0.3) is 11.3 Å². The zero-order valence-corrected chi connectivity index (χ0v) is 16.2. The Labute approximate surface area is 173 Å². The van der Waals surface area contributed by atoms with Crippen molar-refractivity contribution in [1.82, 2.24) is 9.97 Å². The van der Waals surface area contributed by atoms with Crippen molar-refractivity contribution in [3.05, 3.63) is 75.8 Å². The highest BCUT2D eigenvalue weighted by Crippen LogP contribution is 2.36. The molecule has 3 aromatic rings. The van der Waals surface area contributed by atoms with E-state index in [1.165, 1.54) is 36.7 Å². The Morgan fingerprint density at radius 1 is 1.00 bits per heavy atom. The number of aromatic nitrogens is 2. The molecule has 3 rings (SSSR count). The lowest BCUT2D eigenvalue weighted by molar-refractivity contribution is -0.137. The Morgan fingerprint density at radius 2 is 1.76 bits per heavy atom. The fourth-order valence-corrected chi connectivity index (χ4v) is 3.07. The Balaban J connectivity index is 1.74. The maximum atomic E-state index is 13.3. The minimum atomic E-state index is -4.53. The number of nitrogens with one attached hydrogen (secondary N) is 1. The maximum Gasteiger partial charge on any atom is 0.417 e. The molecule has 0 aliphatic rings. The van der Waals surface area contributed by atoms with Gasteiger partial charge in [-0.3, -0.25) is 0 Å². The molecule has 1 atom stereocenters. The van der Waals surface area contributed by atoms with Gasteiger partial charge in [0, 0.05) is 24.2 Å². The first-order valence-electron chi connectivity index (χ1n) is 8.28. The molecule has 0 saturated heterocycles. The number of anilines is 1. The van der Waals surface area contributed by atoms with Crippen LogP contribution in [0, 0.1) is 5.82 Å². The van der Waals surface area contributed by atoms with E-state index in [0.29, 0.717) is 22.6 Å². The molecule has 0 bridgehead atoms. The van der Waals surface area contributed by atoms with E-state index in [0.717, 1.165) is 6.07 Å². The van der Waals surface area contributed by atoms with E-state index in [1.807, 2.05) is 0 Å². The molecule has 10 heteroatoms. The molecule has 0 unspecified atom stereocenters. The Bertz CT molecular complexity index is 1030. The van der Waals surface area contributed by atoms with Crippen LogP contribution in [0.4, 0.5) is 23.4 Å². The Morgan fingerprint density at radius 3 is 2.41 bits per heavy atom. The molecule has 0 spiro atoms. The second-order valence-corrected chi connectivity index (χ2v) is 6.96. The first kappa shape index (κ1) is 21.3. The summed E-state index contributed by atoms with van der Waals surface area (Å²) in [5.41, 5.74) is 6.58. The molecule has 152 valence electrons. The summed E-state index contributed by atoms with van der Waals surface area (Å²) in [6.45, 7) is 0.256. The van der Waals surface area contributed by atoms with E-state index in [9.17, 15) is 17.6 Å². The first-order chi connectivity index (χ1) is 13.6. The minimum absolute atomic E-state index is 0.0264. The van der Waals surface area contributed by atoms with Gasteiger partial charge in [0.25, 0.3) is 0 Å². The van der Waals surface area contributed by atoms with Gasteiger partial charge in [0.05, 0.1) is 21.3 Å². The number of nitrogens with two attached hydrogens (primary N) is 1.